The third kappa shape index (κ3) is 4.94. The van der Waals surface area contributed by atoms with Crippen LogP contribution < -0.4 is 15.4 Å². The average molecular weight is 594 g/mol. The maximum absolute atomic E-state index is 14.9. The SMILES string of the molecule is COc1cc(F)c(F)c(Nc2ccc(I)cc2F)c1NC(O)(O)C1(C[C@H]2COC(C)(C)O2)CC1. The molecule has 1 saturated heterocycles. The van der Waals surface area contributed by atoms with E-state index < -0.39 is 40.3 Å². The number of hydrogen-bond acceptors (Lipinski definition) is 7. The van der Waals surface area contributed by atoms with E-state index in [0.717, 1.165) is 6.07 Å². The highest BCUT2D eigenvalue weighted by Gasteiger charge is 2.61. The lowest BCUT2D eigenvalue weighted by atomic mass is 9.93. The number of anilines is 3. The number of aliphatic hydroxyl groups is 2. The van der Waals surface area contributed by atoms with Crippen molar-refractivity contribution in [3.63, 3.8) is 0 Å². The fourth-order valence-corrected chi connectivity index (χ4v) is 4.64. The van der Waals surface area contributed by atoms with Crippen molar-refractivity contribution in [3.8, 4) is 5.75 Å². The molecular formula is C23H26F3IN2O5. The van der Waals surface area contributed by atoms with Crippen LogP contribution in [0.3, 0.4) is 0 Å². The number of halogens is 4. The lowest BCUT2D eigenvalue weighted by molar-refractivity contribution is -0.200. The molecule has 2 aliphatic rings. The predicted molar refractivity (Wildman–Crippen MR) is 127 cm³/mol. The Morgan fingerprint density at radius 2 is 1.85 bits per heavy atom. The molecule has 0 radical (unpaired) electrons. The fourth-order valence-electron chi connectivity index (χ4n) is 4.18. The second kappa shape index (κ2) is 9.01. The molecule has 0 amide bonds. The molecule has 1 saturated carbocycles. The van der Waals surface area contributed by atoms with Gasteiger partial charge in [0.25, 0.3) is 0 Å². The van der Waals surface area contributed by atoms with Crippen LogP contribution in [0.25, 0.3) is 0 Å². The molecule has 0 bridgehead atoms. The van der Waals surface area contributed by atoms with E-state index in [1.807, 2.05) is 22.6 Å². The zero-order valence-corrected chi connectivity index (χ0v) is 21.0. The van der Waals surface area contributed by atoms with Crippen LogP contribution in [-0.4, -0.2) is 41.7 Å². The molecule has 11 heteroatoms. The highest BCUT2D eigenvalue weighted by Crippen LogP contribution is 2.58. The van der Waals surface area contributed by atoms with Crippen molar-refractivity contribution in [3.05, 3.63) is 45.3 Å². The van der Waals surface area contributed by atoms with Gasteiger partial charge in [-0.3, -0.25) is 0 Å². The molecule has 2 aromatic carbocycles. The third-order valence-electron chi connectivity index (χ3n) is 6.17. The summed E-state index contributed by atoms with van der Waals surface area (Å²) in [6.07, 6.45) is 0.793. The zero-order valence-electron chi connectivity index (χ0n) is 18.8. The Morgan fingerprint density at radius 3 is 2.41 bits per heavy atom. The Hall–Kier alpha value is -1.80. The van der Waals surface area contributed by atoms with Crippen molar-refractivity contribution < 1.29 is 37.6 Å². The van der Waals surface area contributed by atoms with Gasteiger partial charge in [0.1, 0.15) is 22.9 Å². The average Bonchev–Trinajstić information content (AvgIpc) is 3.46. The molecule has 1 aliphatic heterocycles. The molecule has 34 heavy (non-hydrogen) atoms. The topological polar surface area (TPSA) is 92.2 Å². The molecule has 2 aromatic rings. The quantitative estimate of drug-likeness (QED) is 0.257. The molecule has 186 valence electrons. The minimum absolute atomic E-state index is 0.128. The van der Waals surface area contributed by atoms with Crippen LogP contribution in [0.1, 0.15) is 33.1 Å². The first-order valence-corrected chi connectivity index (χ1v) is 11.8. The normalized spacial score (nSPS) is 20.8. The van der Waals surface area contributed by atoms with Crippen molar-refractivity contribution >= 4 is 39.7 Å². The summed E-state index contributed by atoms with van der Waals surface area (Å²) < 4.78 is 60.9. The van der Waals surface area contributed by atoms with E-state index in [-0.39, 0.29) is 36.3 Å². The maximum atomic E-state index is 14.9. The van der Waals surface area contributed by atoms with E-state index in [9.17, 15) is 23.4 Å². The molecule has 1 atom stereocenters. The Morgan fingerprint density at radius 1 is 1.15 bits per heavy atom. The third-order valence-corrected chi connectivity index (χ3v) is 6.84. The number of rotatable bonds is 8. The molecule has 2 fully saturated rings. The molecule has 1 aliphatic carbocycles. The second-order valence-electron chi connectivity index (χ2n) is 9.11. The largest absolute Gasteiger partial charge is 0.494 e. The number of nitrogens with one attached hydrogen (secondary N) is 2. The molecule has 4 rings (SSSR count). The van der Waals surface area contributed by atoms with Gasteiger partial charge < -0.3 is 35.1 Å². The van der Waals surface area contributed by atoms with E-state index >= 15 is 0 Å². The summed E-state index contributed by atoms with van der Waals surface area (Å²) in [6, 6.07) is 4.95. The van der Waals surface area contributed by atoms with Crippen LogP contribution >= 0.6 is 22.6 Å². The summed E-state index contributed by atoms with van der Waals surface area (Å²) in [6.45, 7) is 3.83. The van der Waals surface area contributed by atoms with E-state index in [2.05, 4.69) is 10.6 Å². The molecule has 0 aromatic heterocycles. The Kier molecular flexibility index (Phi) is 6.70. The van der Waals surface area contributed by atoms with Gasteiger partial charge >= 0.3 is 0 Å². The van der Waals surface area contributed by atoms with Gasteiger partial charge in [-0.1, -0.05) is 0 Å². The number of methoxy groups -OCH3 is 1. The first-order valence-electron chi connectivity index (χ1n) is 10.7. The van der Waals surface area contributed by atoms with Crippen molar-refractivity contribution in [1.29, 1.82) is 0 Å². The van der Waals surface area contributed by atoms with Crippen LogP contribution in [0.5, 0.6) is 5.75 Å². The lowest BCUT2D eigenvalue weighted by Crippen LogP contribution is -2.49. The highest BCUT2D eigenvalue weighted by molar-refractivity contribution is 14.1. The maximum Gasteiger partial charge on any atom is 0.250 e. The van der Waals surface area contributed by atoms with Gasteiger partial charge in [-0.05, 0) is 73.9 Å². The highest BCUT2D eigenvalue weighted by atomic mass is 127. The monoisotopic (exact) mass is 594 g/mol. The Bertz CT molecular complexity index is 1090. The van der Waals surface area contributed by atoms with Crippen LogP contribution in [0.2, 0.25) is 0 Å². The molecule has 7 nitrogen and oxygen atoms in total. The Balaban J connectivity index is 1.67. The number of hydrogen-bond donors (Lipinski definition) is 4. The van der Waals surface area contributed by atoms with Gasteiger partial charge in [0.2, 0.25) is 5.91 Å². The summed E-state index contributed by atoms with van der Waals surface area (Å²) >= 11 is 1.92. The second-order valence-corrected chi connectivity index (χ2v) is 10.4. The summed E-state index contributed by atoms with van der Waals surface area (Å²) in [4.78, 5) is 0. The zero-order chi connectivity index (χ0) is 24.9. The summed E-state index contributed by atoms with van der Waals surface area (Å²) in [7, 11) is 1.22. The van der Waals surface area contributed by atoms with Crippen molar-refractivity contribution in [2.24, 2.45) is 5.41 Å². The van der Waals surface area contributed by atoms with Crippen LogP contribution in [-0.2, 0) is 9.47 Å². The molecular weight excluding hydrogens is 568 g/mol. The minimum atomic E-state index is -2.54. The molecule has 0 spiro atoms. The summed E-state index contributed by atoms with van der Waals surface area (Å²) in [5.41, 5.74) is -1.94. The Labute approximate surface area is 208 Å². The van der Waals surface area contributed by atoms with Gasteiger partial charge in [-0.2, -0.15) is 0 Å². The van der Waals surface area contributed by atoms with Gasteiger partial charge in [0.05, 0.1) is 25.5 Å². The fraction of sp³-hybridized carbons (Fsp3) is 0.478. The van der Waals surface area contributed by atoms with E-state index in [1.54, 1.807) is 19.9 Å². The first kappa shape index (κ1) is 25.3. The van der Waals surface area contributed by atoms with Crippen LogP contribution in [0.15, 0.2) is 24.3 Å². The first-order chi connectivity index (χ1) is 15.9. The number of ether oxygens (including phenoxy) is 3. The summed E-state index contributed by atoms with van der Waals surface area (Å²) in [5, 5.41) is 27.2. The number of benzene rings is 2. The molecule has 1 heterocycles. The molecule has 4 N–H and O–H groups in total. The van der Waals surface area contributed by atoms with E-state index in [1.165, 1.54) is 19.2 Å². The van der Waals surface area contributed by atoms with Crippen LogP contribution in [0.4, 0.5) is 30.2 Å². The standard InChI is InChI=1S/C23H26F3IN2O5/c1-21(2)33-11-13(34-21)10-22(6-7-22)23(30,31)29-19-17(32-3)9-15(25)18(26)20(19)28-16-5-4-12(27)8-14(16)24/h4-5,8-9,13,28-31H,6-7,10-11H2,1-3H3/t13-/m0/s1. The van der Waals surface area contributed by atoms with Crippen molar-refractivity contribution in [1.82, 2.24) is 0 Å². The lowest BCUT2D eigenvalue weighted by Gasteiger charge is -2.35. The van der Waals surface area contributed by atoms with Gasteiger partial charge in [0, 0.05) is 15.1 Å². The van der Waals surface area contributed by atoms with Gasteiger partial charge in [0.15, 0.2) is 17.4 Å². The minimum Gasteiger partial charge on any atom is -0.494 e. The van der Waals surface area contributed by atoms with Crippen LogP contribution in [0, 0.1) is 26.4 Å². The van der Waals surface area contributed by atoms with Crippen molar-refractivity contribution in [2.45, 2.75) is 50.9 Å². The molecule has 0 unspecified atom stereocenters. The van der Waals surface area contributed by atoms with Gasteiger partial charge in [-0.25, -0.2) is 13.2 Å². The van der Waals surface area contributed by atoms with E-state index in [0.29, 0.717) is 16.4 Å². The smallest absolute Gasteiger partial charge is 0.250 e. The van der Waals surface area contributed by atoms with Crippen molar-refractivity contribution in [2.75, 3.05) is 24.4 Å². The van der Waals surface area contributed by atoms with E-state index in [4.69, 9.17) is 14.2 Å². The van der Waals surface area contributed by atoms with Gasteiger partial charge in [-0.15, -0.1) is 0 Å². The summed E-state index contributed by atoms with van der Waals surface area (Å²) in [5.74, 6) is -6.80. The predicted octanol–water partition coefficient (Wildman–Crippen LogP) is 4.83.